The van der Waals surface area contributed by atoms with Gasteiger partial charge < -0.3 is 0 Å². The smallest absolute Gasteiger partial charge is 0.00947 e. The molecule has 4 heteroatoms. The Kier molecular flexibility index (Phi) is 35.9. The number of nitrogens with two attached hydrogens (primary N) is 1. The van der Waals surface area contributed by atoms with Gasteiger partial charge >= 0.3 is 0 Å². The van der Waals surface area contributed by atoms with Crippen molar-refractivity contribution in [1.29, 1.82) is 0 Å². The van der Waals surface area contributed by atoms with Crippen LogP contribution in [0.25, 0.3) is 0 Å². The maximum absolute atomic E-state index is 4.89. The molecule has 0 unspecified atom stereocenters. The topological polar surface area (TPSA) is 38.0 Å². The van der Waals surface area contributed by atoms with Crippen molar-refractivity contribution in [3.05, 3.63) is 0 Å². The Morgan fingerprint density at radius 3 is 1.86 bits per heavy atom. The van der Waals surface area contributed by atoms with Gasteiger partial charge in [0.25, 0.3) is 0 Å². The number of rotatable bonds is 2. The minimum absolute atomic E-state index is 0. The summed E-state index contributed by atoms with van der Waals surface area (Å²) in [5, 5.41) is 0. The summed E-state index contributed by atoms with van der Waals surface area (Å²) >= 11 is 0. The molecule has 0 rings (SSSR count). The molecule has 0 atom stereocenters. The highest BCUT2D eigenvalue weighted by molar-refractivity contribution is 5.85. The molecule has 7 heavy (non-hydrogen) atoms. The first-order valence-electron chi connectivity index (χ1n) is 1.85. The summed E-state index contributed by atoms with van der Waals surface area (Å²) < 4.78 is 0. The number of halogens is 2. The minimum atomic E-state index is 0. The molecule has 48 valence electrons. The monoisotopic (exact) mass is 146 g/mol. The van der Waals surface area contributed by atoms with E-state index in [0.29, 0.717) is 0 Å². The molecule has 3 N–H and O–H groups in total. The Bertz CT molecular complexity index is 18.4. The summed E-state index contributed by atoms with van der Waals surface area (Å²) in [5.74, 6) is 4.89. The fraction of sp³-hybridized carbons (Fsp3) is 1.00. The molecule has 0 heterocycles. The van der Waals surface area contributed by atoms with Crippen LogP contribution in [0.4, 0.5) is 0 Å². The van der Waals surface area contributed by atoms with Crippen LogP contribution < -0.4 is 11.3 Å². The summed E-state index contributed by atoms with van der Waals surface area (Å²) in [6.45, 7) is 2.99. The van der Waals surface area contributed by atoms with Crippen molar-refractivity contribution in [2.24, 2.45) is 5.84 Å². The van der Waals surface area contributed by atoms with Crippen molar-refractivity contribution in [2.45, 2.75) is 13.3 Å². The summed E-state index contributed by atoms with van der Waals surface area (Å²) in [6.07, 6.45) is 1.11. The predicted octanol–water partition coefficient (Wildman–Crippen LogP) is 0.703. The van der Waals surface area contributed by atoms with Crippen LogP contribution in [-0.4, -0.2) is 6.54 Å². The van der Waals surface area contributed by atoms with E-state index in [1.54, 1.807) is 0 Å². The zero-order chi connectivity index (χ0) is 4.12. The summed E-state index contributed by atoms with van der Waals surface area (Å²) in [5.41, 5.74) is 2.52. The number of hydrogen-bond acceptors (Lipinski definition) is 2. The SMILES string of the molecule is CCCNN.Cl.Cl. The Hall–Kier alpha value is 0.500. The Labute approximate surface area is 56.6 Å². The fourth-order valence-electron chi connectivity index (χ4n) is 0.144. The zero-order valence-corrected chi connectivity index (χ0v) is 5.94. The molecule has 0 aliphatic carbocycles. The van der Waals surface area contributed by atoms with Crippen molar-refractivity contribution in [1.82, 2.24) is 5.43 Å². The maximum Gasteiger partial charge on any atom is 0.00947 e. The molecular weight excluding hydrogens is 135 g/mol. The van der Waals surface area contributed by atoms with Gasteiger partial charge in [-0.05, 0) is 6.42 Å². The second-order valence-corrected chi connectivity index (χ2v) is 0.954. The van der Waals surface area contributed by atoms with Crippen LogP contribution in [0, 0.1) is 0 Å². The van der Waals surface area contributed by atoms with Crippen LogP contribution in [0.3, 0.4) is 0 Å². The van der Waals surface area contributed by atoms with Crippen LogP contribution >= 0.6 is 24.8 Å². The highest BCUT2D eigenvalue weighted by atomic mass is 35.5. The number of nitrogens with one attached hydrogen (secondary N) is 1. The van der Waals surface area contributed by atoms with E-state index in [9.17, 15) is 0 Å². The van der Waals surface area contributed by atoms with E-state index in [1.807, 2.05) is 0 Å². The lowest BCUT2D eigenvalue weighted by Crippen LogP contribution is -2.21. The second kappa shape index (κ2) is 16.1. The zero-order valence-electron chi connectivity index (χ0n) is 4.31. The third-order valence-corrected chi connectivity index (χ3v) is 0.394. The quantitative estimate of drug-likeness (QED) is 0.445. The van der Waals surface area contributed by atoms with Crippen LogP contribution in [0.2, 0.25) is 0 Å². The molecule has 0 radical (unpaired) electrons. The molecule has 0 saturated heterocycles. The third kappa shape index (κ3) is 21.1. The maximum atomic E-state index is 4.89. The predicted molar refractivity (Wildman–Crippen MR) is 37.0 cm³/mol. The Balaban J connectivity index is -0.0000000800. The van der Waals surface area contributed by atoms with E-state index in [0.717, 1.165) is 13.0 Å². The molecule has 0 fully saturated rings. The van der Waals surface area contributed by atoms with E-state index >= 15 is 0 Å². The van der Waals surface area contributed by atoms with Gasteiger partial charge in [0.05, 0.1) is 0 Å². The molecule has 0 aromatic carbocycles. The van der Waals surface area contributed by atoms with E-state index in [1.165, 1.54) is 0 Å². The standard InChI is InChI=1S/C3H10N2.2ClH/c1-2-3-5-4;;/h5H,2-4H2,1H3;2*1H. The average Bonchev–Trinajstić information content (AvgIpc) is 1.41. The molecule has 0 aliphatic rings. The van der Waals surface area contributed by atoms with E-state index in [4.69, 9.17) is 5.84 Å². The first-order valence-corrected chi connectivity index (χ1v) is 1.85. The first kappa shape index (κ1) is 15.6. The molecule has 0 aromatic rings. The highest BCUT2D eigenvalue weighted by Gasteiger charge is 1.64. The van der Waals surface area contributed by atoms with Gasteiger partial charge in [-0.1, -0.05) is 6.92 Å². The molecule has 2 nitrogen and oxygen atoms in total. The third-order valence-electron chi connectivity index (χ3n) is 0.394. The minimum Gasteiger partial charge on any atom is -0.271 e. The molecule has 0 bridgehead atoms. The Morgan fingerprint density at radius 1 is 1.43 bits per heavy atom. The molecular formula is C3H12Cl2N2. The summed E-state index contributed by atoms with van der Waals surface area (Å²) in [7, 11) is 0. The summed E-state index contributed by atoms with van der Waals surface area (Å²) in [4.78, 5) is 0. The van der Waals surface area contributed by atoms with E-state index < -0.39 is 0 Å². The first-order chi connectivity index (χ1) is 2.41. The van der Waals surface area contributed by atoms with Crippen LogP contribution in [-0.2, 0) is 0 Å². The van der Waals surface area contributed by atoms with Crippen LogP contribution in [0.5, 0.6) is 0 Å². The lowest BCUT2D eigenvalue weighted by molar-refractivity contribution is 0.714. The van der Waals surface area contributed by atoms with Gasteiger partial charge in [-0.15, -0.1) is 24.8 Å². The molecule has 0 spiro atoms. The van der Waals surface area contributed by atoms with Gasteiger partial charge in [-0.2, -0.15) is 0 Å². The van der Waals surface area contributed by atoms with Crippen molar-refractivity contribution < 1.29 is 0 Å². The largest absolute Gasteiger partial charge is 0.271 e. The van der Waals surface area contributed by atoms with Gasteiger partial charge in [0.15, 0.2) is 0 Å². The average molecular weight is 147 g/mol. The fourth-order valence-corrected chi connectivity index (χ4v) is 0.144. The summed E-state index contributed by atoms with van der Waals surface area (Å²) in [6, 6.07) is 0. The van der Waals surface area contributed by atoms with Crippen LogP contribution in [0.15, 0.2) is 0 Å². The van der Waals surface area contributed by atoms with E-state index in [-0.39, 0.29) is 24.8 Å². The lowest BCUT2D eigenvalue weighted by atomic mass is 10.5. The van der Waals surface area contributed by atoms with Gasteiger partial charge in [0.2, 0.25) is 0 Å². The van der Waals surface area contributed by atoms with Gasteiger partial charge in [0.1, 0.15) is 0 Å². The van der Waals surface area contributed by atoms with Gasteiger partial charge in [-0.3, -0.25) is 11.3 Å². The lowest BCUT2D eigenvalue weighted by Gasteiger charge is -1.85. The number of hydrazine groups is 1. The van der Waals surface area contributed by atoms with Crippen LogP contribution in [0.1, 0.15) is 13.3 Å². The van der Waals surface area contributed by atoms with Gasteiger partial charge in [-0.25, -0.2) is 0 Å². The van der Waals surface area contributed by atoms with Gasteiger partial charge in [0, 0.05) is 6.54 Å². The molecule has 0 aliphatic heterocycles. The highest BCUT2D eigenvalue weighted by Crippen LogP contribution is 1.61. The Morgan fingerprint density at radius 2 is 1.86 bits per heavy atom. The van der Waals surface area contributed by atoms with Crippen molar-refractivity contribution in [3.8, 4) is 0 Å². The molecule has 0 amide bonds. The molecule has 0 saturated carbocycles. The number of hydrogen-bond donors (Lipinski definition) is 2. The second-order valence-electron chi connectivity index (χ2n) is 0.954. The molecule has 0 aromatic heterocycles. The normalized spacial score (nSPS) is 6.00. The van der Waals surface area contributed by atoms with Crippen molar-refractivity contribution in [3.63, 3.8) is 0 Å². The van der Waals surface area contributed by atoms with Crippen molar-refractivity contribution in [2.75, 3.05) is 6.54 Å². The van der Waals surface area contributed by atoms with E-state index in [2.05, 4.69) is 12.3 Å². The van der Waals surface area contributed by atoms with Crippen molar-refractivity contribution >= 4 is 24.8 Å².